The molecule has 1 amide bonds. The van der Waals surface area contributed by atoms with Crippen molar-refractivity contribution in [2.75, 3.05) is 24.3 Å². The number of benzene rings is 3. The van der Waals surface area contributed by atoms with E-state index in [4.69, 9.17) is 4.74 Å². The zero-order valence-corrected chi connectivity index (χ0v) is 19.5. The molecule has 0 spiro atoms. The van der Waals surface area contributed by atoms with Gasteiger partial charge in [0.25, 0.3) is 5.91 Å². The molecule has 33 heavy (non-hydrogen) atoms. The fourth-order valence-corrected chi connectivity index (χ4v) is 9.07. The summed E-state index contributed by atoms with van der Waals surface area (Å²) in [5, 5.41) is -1.24. The lowest BCUT2D eigenvalue weighted by Crippen LogP contribution is -2.29. The van der Waals surface area contributed by atoms with Crippen molar-refractivity contribution in [2.45, 2.75) is 21.5 Å². The van der Waals surface area contributed by atoms with Crippen LogP contribution in [0, 0.1) is 0 Å². The largest absolute Gasteiger partial charge is 0.496 e. The number of para-hydroxylation sites is 1. The number of ether oxygens (including phenoxy) is 1. The van der Waals surface area contributed by atoms with Gasteiger partial charge in [-0.15, -0.1) is 0 Å². The van der Waals surface area contributed by atoms with Crippen LogP contribution >= 0.6 is 10.6 Å². The maximum absolute atomic E-state index is 13.6. The number of sulfone groups is 1. The fourth-order valence-electron chi connectivity index (χ4n) is 4.66. The summed E-state index contributed by atoms with van der Waals surface area (Å²) in [6.45, 7) is 0.499. The molecular weight excluding hydrogens is 462 g/mol. The van der Waals surface area contributed by atoms with Crippen LogP contribution in [0.15, 0.2) is 76.5 Å². The van der Waals surface area contributed by atoms with Crippen molar-refractivity contribution in [3.05, 3.63) is 83.4 Å². The SMILES string of the molecule is COc1c(C(=O)N2CCc3ccccc32)ccc2c1C(S(=O)(=O)c1ccccc1)CS2(O)O. The van der Waals surface area contributed by atoms with Gasteiger partial charge in [-0.1, -0.05) is 36.4 Å². The molecule has 3 aromatic carbocycles. The van der Waals surface area contributed by atoms with Crippen LogP contribution in [0.1, 0.15) is 26.7 Å². The lowest BCUT2D eigenvalue weighted by atomic mass is 10.0. The van der Waals surface area contributed by atoms with Crippen molar-refractivity contribution >= 4 is 32.0 Å². The van der Waals surface area contributed by atoms with E-state index in [0.717, 1.165) is 17.7 Å². The molecule has 1 atom stereocenters. The van der Waals surface area contributed by atoms with Crippen LogP contribution < -0.4 is 9.64 Å². The molecule has 0 aromatic heterocycles. The van der Waals surface area contributed by atoms with Crippen LogP contribution in [0.3, 0.4) is 0 Å². The molecule has 0 bridgehead atoms. The van der Waals surface area contributed by atoms with Gasteiger partial charge in [0.05, 0.1) is 28.2 Å². The minimum atomic E-state index is -3.97. The van der Waals surface area contributed by atoms with E-state index in [2.05, 4.69) is 0 Å². The Morgan fingerprint density at radius 3 is 2.45 bits per heavy atom. The Hall–Kier alpha value is -2.85. The van der Waals surface area contributed by atoms with E-state index in [1.165, 1.54) is 31.4 Å². The zero-order chi connectivity index (χ0) is 23.4. The van der Waals surface area contributed by atoms with Gasteiger partial charge in [0.2, 0.25) is 0 Å². The number of carbonyl (C=O) groups excluding carboxylic acids is 1. The third kappa shape index (κ3) is 3.43. The first-order chi connectivity index (χ1) is 15.8. The second-order valence-corrected chi connectivity index (χ2v) is 12.3. The van der Waals surface area contributed by atoms with Gasteiger partial charge in [-0.25, -0.2) is 8.42 Å². The monoisotopic (exact) mass is 485 g/mol. The molecule has 7 nitrogen and oxygen atoms in total. The van der Waals surface area contributed by atoms with Gasteiger partial charge in [0.1, 0.15) is 11.0 Å². The van der Waals surface area contributed by atoms with Gasteiger partial charge >= 0.3 is 0 Å². The summed E-state index contributed by atoms with van der Waals surface area (Å²) in [7, 11) is -5.98. The lowest BCUT2D eigenvalue weighted by Gasteiger charge is -2.28. The molecule has 0 aliphatic carbocycles. The number of methoxy groups -OCH3 is 1. The van der Waals surface area contributed by atoms with Gasteiger partial charge in [-0.05, 0) is 42.3 Å². The second-order valence-electron chi connectivity index (χ2n) is 8.07. The number of fused-ring (bicyclic) bond motifs is 2. The Balaban J connectivity index is 1.65. The number of nitrogens with zero attached hydrogens (tertiary/aromatic N) is 1. The Morgan fingerprint density at radius 1 is 1.03 bits per heavy atom. The molecule has 0 saturated carbocycles. The van der Waals surface area contributed by atoms with Gasteiger partial charge in [0, 0.05) is 17.8 Å². The van der Waals surface area contributed by atoms with E-state index in [1.54, 1.807) is 23.1 Å². The van der Waals surface area contributed by atoms with Crippen molar-refractivity contribution in [3.63, 3.8) is 0 Å². The van der Waals surface area contributed by atoms with Crippen molar-refractivity contribution in [2.24, 2.45) is 0 Å². The molecule has 2 heterocycles. The van der Waals surface area contributed by atoms with E-state index in [-0.39, 0.29) is 38.3 Å². The average molecular weight is 486 g/mol. The van der Waals surface area contributed by atoms with Crippen LogP contribution in [-0.4, -0.2) is 42.8 Å². The number of anilines is 1. The van der Waals surface area contributed by atoms with Gasteiger partial charge < -0.3 is 9.64 Å². The number of hydrogen-bond donors (Lipinski definition) is 2. The minimum Gasteiger partial charge on any atom is -0.496 e. The van der Waals surface area contributed by atoms with Gasteiger partial charge in [0.15, 0.2) is 9.84 Å². The normalized spacial score (nSPS) is 19.6. The van der Waals surface area contributed by atoms with Gasteiger partial charge in [-0.2, -0.15) is 10.6 Å². The first-order valence-corrected chi connectivity index (χ1v) is 13.7. The number of rotatable bonds is 4. The molecule has 1 unspecified atom stereocenters. The molecule has 2 aliphatic rings. The Bertz CT molecular complexity index is 1350. The van der Waals surface area contributed by atoms with E-state index in [0.29, 0.717) is 6.54 Å². The average Bonchev–Trinajstić information content (AvgIpc) is 3.37. The van der Waals surface area contributed by atoms with Crippen molar-refractivity contribution in [1.29, 1.82) is 0 Å². The smallest absolute Gasteiger partial charge is 0.262 e. The van der Waals surface area contributed by atoms with Gasteiger partial charge in [-0.3, -0.25) is 13.9 Å². The summed E-state index contributed by atoms with van der Waals surface area (Å²) >= 11 is 0. The quantitative estimate of drug-likeness (QED) is 0.562. The maximum atomic E-state index is 13.6. The van der Waals surface area contributed by atoms with Crippen LogP contribution in [0.25, 0.3) is 0 Å². The standard InChI is InChI=1S/C24H23NO6S2/c1-31-23-18(24(26)25-14-13-16-7-5-6-10-19(16)25)11-12-20-22(23)21(15-32(20,27)28)33(29,30)17-8-3-2-4-9-17/h2-12,21,27-28H,13-15H2,1H3. The predicted octanol–water partition coefficient (Wildman–Crippen LogP) is 4.54. The summed E-state index contributed by atoms with van der Waals surface area (Å²) in [5.74, 6) is -0.622. The first-order valence-electron chi connectivity index (χ1n) is 10.4. The predicted molar refractivity (Wildman–Crippen MR) is 127 cm³/mol. The van der Waals surface area contributed by atoms with E-state index in [9.17, 15) is 22.3 Å². The van der Waals surface area contributed by atoms with Crippen LogP contribution in [0.2, 0.25) is 0 Å². The highest BCUT2D eigenvalue weighted by Gasteiger charge is 2.46. The number of carbonyl (C=O) groups is 1. The first kappa shape index (κ1) is 22.0. The summed E-state index contributed by atoms with van der Waals surface area (Å²) in [6.07, 6.45) is 0.723. The van der Waals surface area contributed by atoms with Crippen molar-refractivity contribution in [1.82, 2.24) is 0 Å². The Kier molecular flexibility index (Phi) is 5.24. The molecule has 0 radical (unpaired) electrons. The topological polar surface area (TPSA) is 104 Å². The third-order valence-corrected chi connectivity index (χ3v) is 10.4. The van der Waals surface area contributed by atoms with E-state index in [1.807, 2.05) is 24.3 Å². The molecule has 9 heteroatoms. The summed E-state index contributed by atoms with van der Waals surface area (Å²) in [6, 6.07) is 18.5. The van der Waals surface area contributed by atoms with Crippen LogP contribution in [-0.2, 0) is 16.3 Å². The summed E-state index contributed by atoms with van der Waals surface area (Å²) in [4.78, 5) is 15.4. The number of amides is 1. The fraction of sp³-hybridized carbons (Fsp3) is 0.208. The zero-order valence-electron chi connectivity index (χ0n) is 17.8. The molecule has 2 N–H and O–H groups in total. The highest BCUT2D eigenvalue weighted by atomic mass is 32.3. The lowest BCUT2D eigenvalue weighted by molar-refractivity contribution is 0.0986. The third-order valence-electron chi connectivity index (χ3n) is 6.23. The molecule has 5 rings (SSSR count). The molecular formula is C24H23NO6S2. The van der Waals surface area contributed by atoms with E-state index >= 15 is 0 Å². The molecule has 3 aromatic rings. The minimum absolute atomic E-state index is 0.0730. The van der Waals surface area contributed by atoms with Crippen molar-refractivity contribution < 1.29 is 27.1 Å². The number of hydrogen-bond acceptors (Lipinski definition) is 6. The second kappa shape index (κ2) is 7.88. The van der Waals surface area contributed by atoms with Crippen molar-refractivity contribution in [3.8, 4) is 5.75 Å². The maximum Gasteiger partial charge on any atom is 0.262 e. The Labute approximate surface area is 193 Å². The highest BCUT2D eigenvalue weighted by molar-refractivity contribution is 8.25. The summed E-state index contributed by atoms with van der Waals surface area (Å²) in [5.41, 5.74) is 2.21. The molecule has 0 saturated heterocycles. The molecule has 172 valence electrons. The van der Waals surface area contributed by atoms with E-state index < -0.39 is 25.7 Å². The van der Waals surface area contributed by atoms with Crippen LogP contribution in [0.4, 0.5) is 5.69 Å². The molecule has 0 fully saturated rings. The highest BCUT2D eigenvalue weighted by Crippen LogP contribution is 2.63. The summed E-state index contributed by atoms with van der Waals surface area (Å²) < 4.78 is 54.1. The van der Waals surface area contributed by atoms with Crippen LogP contribution in [0.5, 0.6) is 5.75 Å². The Morgan fingerprint density at radius 2 is 1.73 bits per heavy atom. The molecule has 2 aliphatic heterocycles.